The van der Waals surface area contributed by atoms with Crippen LogP contribution in [-0.2, 0) is 9.53 Å². The Bertz CT molecular complexity index is 588. The number of morpholine rings is 1. The van der Waals surface area contributed by atoms with Gasteiger partial charge in [0.2, 0.25) is 5.91 Å². The highest BCUT2D eigenvalue weighted by Crippen LogP contribution is 2.31. The highest BCUT2D eigenvalue weighted by Gasteiger charge is 2.32. The van der Waals surface area contributed by atoms with E-state index in [0.717, 1.165) is 37.9 Å². The van der Waals surface area contributed by atoms with E-state index in [9.17, 15) is 9.18 Å². The minimum absolute atomic E-state index is 0. The van der Waals surface area contributed by atoms with Gasteiger partial charge in [-0.25, -0.2) is 4.39 Å². The number of hydrogen-bond acceptors (Lipinski definition) is 4. The number of nitrogens with two attached hydrogens (primary N) is 1. The Hall–Kier alpha value is -0.920. The van der Waals surface area contributed by atoms with Gasteiger partial charge in [-0.1, -0.05) is 18.6 Å². The van der Waals surface area contributed by atoms with Crippen molar-refractivity contribution in [3.8, 4) is 0 Å². The summed E-state index contributed by atoms with van der Waals surface area (Å²) >= 11 is 0. The molecule has 1 aliphatic heterocycles. The maximum Gasteiger partial charge on any atom is 0.223 e. The number of rotatable bonds is 6. The highest BCUT2D eigenvalue weighted by molar-refractivity contribution is 5.85. The molecule has 1 saturated carbocycles. The quantitative estimate of drug-likeness (QED) is 0.740. The number of carbonyl (C=O) groups is 1. The van der Waals surface area contributed by atoms with E-state index in [-0.39, 0.29) is 54.4 Å². The van der Waals surface area contributed by atoms with Crippen LogP contribution in [0.3, 0.4) is 0 Å². The Kier molecular flexibility index (Phi) is 10.6. The fourth-order valence-electron chi connectivity index (χ4n) is 4.05. The molecule has 0 radical (unpaired) electrons. The molecule has 3 N–H and O–H groups in total. The van der Waals surface area contributed by atoms with E-state index < -0.39 is 0 Å². The minimum Gasteiger partial charge on any atom is -0.379 e. The molecule has 27 heavy (non-hydrogen) atoms. The third kappa shape index (κ3) is 6.29. The monoisotopic (exact) mass is 421 g/mol. The summed E-state index contributed by atoms with van der Waals surface area (Å²) in [4.78, 5) is 14.9. The predicted molar refractivity (Wildman–Crippen MR) is 109 cm³/mol. The van der Waals surface area contributed by atoms with Crippen LogP contribution in [-0.4, -0.2) is 50.2 Å². The lowest BCUT2D eigenvalue weighted by Crippen LogP contribution is -2.45. The van der Waals surface area contributed by atoms with Crippen molar-refractivity contribution in [3.05, 3.63) is 35.6 Å². The molecule has 0 spiro atoms. The average molecular weight is 422 g/mol. The van der Waals surface area contributed by atoms with Crippen molar-refractivity contribution in [3.63, 3.8) is 0 Å². The van der Waals surface area contributed by atoms with Crippen molar-refractivity contribution in [2.24, 2.45) is 17.6 Å². The van der Waals surface area contributed by atoms with Crippen LogP contribution in [0.4, 0.5) is 4.39 Å². The van der Waals surface area contributed by atoms with Crippen LogP contribution in [0.25, 0.3) is 0 Å². The van der Waals surface area contributed by atoms with Crippen molar-refractivity contribution in [1.29, 1.82) is 0 Å². The molecule has 2 aliphatic rings. The van der Waals surface area contributed by atoms with Crippen molar-refractivity contribution in [1.82, 2.24) is 10.2 Å². The fourth-order valence-corrected chi connectivity index (χ4v) is 4.05. The molecule has 8 heteroatoms. The molecule has 2 fully saturated rings. The molecule has 1 heterocycles. The van der Waals surface area contributed by atoms with Gasteiger partial charge in [-0.15, -0.1) is 24.8 Å². The smallest absolute Gasteiger partial charge is 0.223 e. The van der Waals surface area contributed by atoms with Crippen molar-refractivity contribution in [2.45, 2.75) is 25.3 Å². The summed E-state index contributed by atoms with van der Waals surface area (Å²) in [6.07, 6.45) is 3.01. The van der Waals surface area contributed by atoms with Crippen molar-refractivity contribution in [2.75, 3.05) is 39.4 Å². The van der Waals surface area contributed by atoms with Gasteiger partial charge in [0.25, 0.3) is 0 Å². The first-order valence-electron chi connectivity index (χ1n) is 9.24. The Morgan fingerprint density at radius 1 is 1.30 bits per heavy atom. The van der Waals surface area contributed by atoms with Gasteiger partial charge in [0, 0.05) is 25.6 Å². The summed E-state index contributed by atoms with van der Waals surface area (Å²) in [6, 6.07) is 6.61. The van der Waals surface area contributed by atoms with Crippen LogP contribution in [0.5, 0.6) is 0 Å². The molecule has 5 nitrogen and oxygen atoms in total. The second-order valence-corrected chi connectivity index (χ2v) is 7.00. The van der Waals surface area contributed by atoms with Gasteiger partial charge in [-0.3, -0.25) is 9.69 Å². The average Bonchev–Trinajstić information content (AvgIpc) is 3.11. The molecule has 3 atom stereocenters. The third-order valence-corrected chi connectivity index (χ3v) is 5.49. The lowest BCUT2D eigenvalue weighted by Gasteiger charge is -2.35. The molecular weight excluding hydrogens is 392 g/mol. The first kappa shape index (κ1) is 24.1. The molecule has 1 unspecified atom stereocenters. The number of amides is 1. The molecule has 1 aromatic carbocycles. The second kappa shape index (κ2) is 11.8. The van der Waals surface area contributed by atoms with Gasteiger partial charge in [0.15, 0.2) is 0 Å². The lowest BCUT2D eigenvalue weighted by atomic mass is 9.95. The molecule has 3 rings (SSSR count). The lowest BCUT2D eigenvalue weighted by molar-refractivity contribution is -0.126. The van der Waals surface area contributed by atoms with Crippen LogP contribution in [0.2, 0.25) is 0 Å². The van der Waals surface area contributed by atoms with E-state index in [1.807, 2.05) is 6.07 Å². The van der Waals surface area contributed by atoms with E-state index in [4.69, 9.17) is 10.5 Å². The molecule has 1 saturated heterocycles. The van der Waals surface area contributed by atoms with Crippen LogP contribution < -0.4 is 11.1 Å². The van der Waals surface area contributed by atoms with Crippen LogP contribution >= 0.6 is 24.8 Å². The molecule has 1 amide bonds. The van der Waals surface area contributed by atoms with Gasteiger partial charge in [-0.05, 0) is 43.0 Å². The SMILES string of the molecule is Cl.Cl.NC[C@H]1CCC[C@H]1C(=O)NCC(c1cccc(F)c1)N1CCOCC1. The number of halogens is 3. The van der Waals surface area contributed by atoms with Crippen molar-refractivity contribution >= 4 is 30.7 Å². The van der Waals surface area contributed by atoms with E-state index in [1.54, 1.807) is 12.1 Å². The summed E-state index contributed by atoms with van der Waals surface area (Å²) < 4.78 is 19.1. The summed E-state index contributed by atoms with van der Waals surface area (Å²) in [5.41, 5.74) is 6.69. The maximum atomic E-state index is 13.7. The van der Waals surface area contributed by atoms with E-state index in [2.05, 4.69) is 10.2 Å². The zero-order valence-corrected chi connectivity index (χ0v) is 17.1. The molecule has 1 aromatic rings. The summed E-state index contributed by atoms with van der Waals surface area (Å²) in [7, 11) is 0. The standard InChI is InChI=1S/C19H28FN3O2.2ClH/c20-16-5-1-3-14(11-16)18(23-7-9-25-10-8-23)13-22-19(24)17-6-2-4-15(17)12-21;;/h1,3,5,11,15,17-18H,2,4,6-10,12-13,21H2,(H,22,24);2*1H/t15-,17-,18?;;/m1../s1. The van der Waals surface area contributed by atoms with Gasteiger partial charge in [-0.2, -0.15) is 0 Å². The Morgan fingerprint density at radius 3 is 2.70 bits per heavy atom. The van der Waals surface area contributed by atoms with Crippen LogP contribution in [0.15, 0.2) is 24.3 Å². The van der Waals surface area contributed by atoms with Gasteiger partial charge in [0.1, 0.15) is 5.82 Å². The van der Waals surface area contributed by atoms with Crippen LogP contribution in [0, 0.1) is 17.7 Å². The Balaban J connectivity index is 0.00000182. The van der Waals surface area contributed by atoms with Gasteiger partial charge >= 0.3 is 0 Å². The number of benzene rings is 1. The summed E-state index contributed by atoms with van der Waals surface area (Å²) in [5.74, 6) is 0.141. The number of nitrogens with zero attached hydrogens (tertiary/aromatic N) is 1. The van der Waals surface area contributed by atoms with E-state index >= 15 is 0 Å². The molecule has 1 aliphatic carbocycles. The minimum atomic E-state index is -0.249. The Labute approximate surface area is 173 Å². The first-order valence-corrected chi connectivity index (χ1v) is 9.24. The summed E-state index contributed by atoms with van der Waals surface area (Å²) in [5, 5.41) is 3.10. The van der Waals surface area contributed by atoms with Crippen LogP contribution in [0.1, 0.15) is 30.9 Å². The fraction of sp³-hybridized carbons (Fsp3) is 0.632. The van der Waals surface area contributed by atoms with E-state index in [1.165, 1.54) is 6.07 Å². The maximum absolute atomic E-state index is 13.7. The largest absolute Gasteiger partial charge is 0.379 e. The zero-order valence-electron chi connectivity index (χ0n) is 15.4. The number of carbonyl (C=O) groups excluding carboxylic acids is 1. The second-order valence-electron chi connectivity index (χ2n) is 7.00. The molecule has 0 bridgehead atoms. The van der Waals surface area contributed by atoms with Gasteiger partial charge < -0.3 is 15.8 Å². The first-order chi connectivity index (χ1) is 12.2. The molecular formula is C19H30Cl2FN3O2. The van der Waals surface area contributed by atoms with Gasteiger partial charge in [0.05, 0.1) is 19.3 Å². The van der Waals surface area contributed by atoms with Crippen molar-refractivity contribution < 1.29 is 13.9 Å². The summed E-state index contributed by atoms with van der Waals surface area (Å²) in [6.45, 7) is 3.94. The van der Waals surface area contributed by atoms with E-state index in [0.29, 0.717) is 26.3 Å². The number of hydrogen-bond donors (Lipinski definition) is 2. The third-order valence-electron chi connectivity index (χ3n) is 5.49. The molecule has 0 aromatic heterocycles. The Morgan fingerprint density at radius 2 is 2.04 bits per heavy atom. The predicted octanol–water partition coefficient (Wildman–Crippen LogP) is 2.53. The number of ether oxygens (including phenoxy) is 1. The number of nitrogens with one attached hydrogen (secondary N) is 1. The zero-order chi connectivity index (χ0) is 17.6. The highest BCUT2D eigenvalue weighted by atomic mass is 35.5. The molecule has 154 valence electrons. The topological polar surface area (TPSA) is 67.6 Å². The normalized spacial score (nSPS) is 23.8.